The zero-order valence-electron chi connectivity index (χ0n) is 13.2. The first kappa shape index (κ1) is 15.9. The van der Waals surface area contributed by atoms with E-state index in [1.165, 1.54) is 13.0 Å². The summed E-state index contributed by atoms with van der Waals surface area (Å²) in [6.07, 6.45) is 2.85. The van der Waals surface area contributed by atoms with E-state index in [1.54, 1.807) is 13.1 Å². The van der Waals surface area contributed by atoms with Crippen molar-refractivity contribution in [2.75, 3.05) is 0 Å². The van der Waals surface area contributed by atoms with Gasteiger partial charge in [-0.1, -0.05) is 25.1 Å². The number of benzene rings is 1. The largest absolute Gasteiger partial charge is 0.508 e. The first-order valence-electron chi connectivity index (χ1n) is 7.47. The normalized spacial score (nSPS) is 24.1. The van der Waals surface area contributed by atoms with E-state index >= 15 is 0 Å². The molecule has 0 fully saturated rings. The van der Waals surface area contributed by atoms with Crippen molar-refractivity contribution in [1.29, 1.82) is 0 Å². The lowest BCUT2D eigenvalue weighted by Gasteiger charge is -2.34. The van der Waals surface area contributed by atoms with Crippen LogP contribution in [0.2, 0.25) is 0 Å². The zero-order chi connectivity index (χ0) is 17.6. The number of H-pyrrole nitrogens is 1. The van der Waals surface area contributed by atoms with Gasteiger partial charge in [-0.3, -0.25) is 4.79 Å². The number of allylic oxidation sites excluding steroid dienone is 1. The van der Waals surface area contributed by atoms with Crippen LogP contribution in [0.5, 0.6) is 0 Å². The van der Waals surface area contributed by atoms with Crippen molar-refractivity contribution in [3.8, 4) is 0 Å². The summed E-state index contributed by atoms with van der Waals surface area (Å²) < 4.78 is 0. The summed E-state index contributed by atoms with van der Waals surface area (Å²) in [6.45, 7) is 2.96. The molecule has 24 heavy (non-hydrogen) atoms. The molecular weight excluding hydrogens is 310 g/mol. The molecule has 0 bridgehead atoms. The minimum Gasteiger partial charge on any atom is -0.508 e. The SMILES string of the molecule is CC1C(C(=O)O)=C(c2c[nH]c3ccccc23)C(O)=CC1(C)C(=O)O. The summed E-state index contributed by atoms with van der Waals surface area (Å²) in [7, 11) is 0. The predicted molar refractivity (Wildman–Crippen MR) is 88.5 cm³/mol. The van der Waals surface area contributed by atoms with E-state index in [0.29, 0.717) is 5.56 Å². The minimum atomic E-state index is -1.49. The van der Waals surface area contributed by atoms with Crippen LogP contribution in [0.3, 0.4) is 0 Å². The van der Waals surface area contributed by atoms with E-state index in [1.807, 2.05) is 24.3 Å². The van der Waals surface area contributed by atoms with Crippen LogP contribution in [-0.2, 0) is 9.59 Å². The van der Waals surface area contributed by atoms with E-state index in [-0.39, 0.29) is 16.9 Å². The number of hydrogen-bond acceptors (Lipinski definition) is 3. The maximum absolute atomic E-state index is 11.9. The Hall–Kier alpha value is -3.02. The number of aromatic amines is 1. The van der Waals surface area contributed by atoms with Gasteiger partial charge in [0, 0.05) is 34.2 Å². The predicted octanol–water partition coefficient (Wildman–Crippen LogP) is 3.19. The molecule has 2 atom stereocenters. The molecule has 4 N–H and O–H groups in total. The van der Waals surface area contributed by atoms with Gasteiger partial charge in [0.15, 0.2) is 0 Å². The smallest absolute Gasteiger partial charge is 0.332 e. The van der Waals surface area contributed by atoms with E-state index in [9.17, 15) is 24.9 Å². The monoisotopic (exact) mass is 327 g/mol. The third-order valence-electron chi connectivity index (χ3n) is 4.84. The molecule has 1 aliphatic carbocycles. The van der Waals surface area contributed by atoms with Gasteiger partial charge in [0.1, 0.15) is 5.76 Å². The summed E-state index contributed by atoms with van der Waals surface area (Å²) >= 11 is 0. The van der Waals surface area contributed by atoms with Crippen molar-refractivity contribution in [3.63, 3.8) is 0 Å². The number of carboxylic acid groups (broad SMARTS) is 2. The summed E-state index contributed by atoms with van der Waals surface area (Å²) in [5, 5.41) is 30.4. The maximum Gasteiger partial charge on any atom is 0.332 e. The van der Waals surface area contributed by atoms with E-state index in [4.69, 9.17) is 0 Å². The molecule has 0 aliphatic heterocycles. The standard InChI is InChI=1S/C18H17NO5/c1-9-14(16(21)22)15(13(20)7-18(9,2)17(23)24)11-8-19-12-6-4-3-5-10(11)12/h3-9,19-20H,1-2H3,(H,21,22)(H,23,24). The molecule has 6 heteroatoms. The molecule has 0 saturated carbocycles. The molecule has 3 rings (SSSR count). The molecule has 1 aromatic heterocycles. The number of aliphatic hydroxyl groups excluding tert-OH is 1. The lowest BCUT2D eigenvalue weighted by molar-refractivity contribution is -0.147. The van der Waals surface area contributed by atoms with Crippen molar-refractivity contribution < 1.29 is 24.9 Å². The number of carboxylic acids is 2. The number of rotatable bonds is 3. The Labute approximate surface area is 137 Å². The number of carbonyl (C=O) groups is 2. The highest BCUT2D eigenvalue weighted by Gasteiger charge is 2.46. The van der Waals surface area contributed by atoms with Gasteiger partial charge in [-0.25, -0.2) is 4.79 Å². The molecule has 0 amide bonds. The Kier molecular flexibility index (Phi) is 3.48. The number of para-hydroxylation sites is 1. The Morgan fingerprint density at radius 2 is 1.88 bits per heavy atom. The molecule has 0 spiro atoms. The van der Waals surface area contributed by atoms with Gasteiger partial charge < -0.3 is 20.3 Å². The van der Waals surface area contributed by atoms with Crippen LogP contribution in [0.25, 0.3) is 16.5 Å². The highest BCUT2D eigenvalue weighted by Crippen LogP contribution is 2.46. The molecule has 2 unspecified atom stereocenters. The molecule has 2 aromatic rings. The van der Waals surface area contributed by atoms with Crippen LogP contribution in [-0.4, -0.2) is 32.2 Å². The highest BCUT2D eigenvalue weighted by molar-refractivity contribution is 6.07. The van der Waals surface area contributed by atoms with Gasteiger partial charge in [0.2, 0.25) is 0 Å². The Morgan fingerprint density at radius 3 is 2.50 bits per heavy atom. The fraction of sp³-hybridized carbons (Fsp3) is 0.222. The number of aromatic nitrogens is 1. The molecule has 0 saturated heterocycles. The van der Waals surface area contributed by atoms with E-state index in [2.05, 4.69) is 4.98 Å². The zero-order valence-corrected chi connectivity index (χ0v) is 13.2. The fourth-order valence-corrected chi connectivity index (χ4v) is 3.24. The Balaban J connectivity index is 2.32. The summed E-state index contributed by atoms with van der Waals surface area (Å²) in [5.41, 5.74) is -0.100. The first-order chi connectivity index (χ1) is 11.3. The molecule has 0 radical (unpaired) electrons. The second-order valence-electron chi connectivity index (χ2n) is 6.18. The van der Waals surface area contributed by atoms with Gasteiger partial charge >= 0.3 is 11.9 Å². The number of nitrogens with one attached hydrogen (secondary N) is 1. The average Bonchev–Trinajstić information content (AvgIpc) is 2.93. The molecular formula is C18H17NO5. The topological polar surface area (TPSA) is 111 Å². The van der Waals surface area contributed by atoms with Crippen molar-refractivity contribution >= 4 is 28.4 Å². The number of hydrogen-bond donors (Lipinski definition) is 4. The van der Waals surface area contributed by atoms with Gasteiger partial charge in [-0.05, 0) is 19.1 Å². The van der Waals surface area contributed by atoms with Crippen LogP contribution in [0, 0.1) is 11.3 Å². The first-order valence-corrected chi connectivity index (χ1v) is 7.47. The molecule has 1 heterocycles. The quantitative estimate of drug-likeness (QED) is 0.692. The average molecular weight is 327 g/mol. The molecule has 1 aromatic carbocycles. The molecule has 124 valence electrons. The number of aliphatic carboxylic acids is 2. The van der Waals surface area contributed by atoms with Gasteiger partial charge in [0.25, 0.3) is 0 Å². The summed E-state index contributed by atoms with van der Waals surface area (Å²) in [4.78, 5) is 26.5. The van der Waals surface area contributed by atoms with E-state index in [0.717, 1.165) is 10.9 Å². The minimum absolute atomic E-state index is 0.107. The van der Waals surface area contributed by atoms with Gasteiger partial charge in [-0.2, -0.15) is 0 Å². The van der Waals surface area contributed by atoms with Crippen molar-refractivity contribution in [3.05, 3.63) is 53.4 Å². The van der Waals surface area contributed by atoms with Crippen LogP contribution < -0.4 is 0 Å². The molecule has 6 nitrogen and oxygen atoms in total. The van der Waals surface area contributed by atoms with Crippen LogP contribution >= 0.6 is 0 Å². The highest BCUT2D eigenvalue weighted by atomic mass is 16.4. The van der Waals surface area contributed by atoms with Crippen molar-refractivity contribution in [2.45, 2.75) is 13.8 Å². The second kappa shape index (κ2) is 5.26. The lowest BCUT2D eigenvalue weighted by atomic mass is 9.68. The van der Waals surface area contributed by atoms with Crippen LogP contribution in [0.1, 0.15) is 19.4 Å². The number of aliphatic hydroxyl groups is 1. The van der Waals surface area contributed by atoms with Crippen molar-refractivity contribution in [1.82, 2.24) is 4.98 Å². The Bertz CT molecular complexity index is 920. The maximum atomic E-state index is 11.9. The second-order valence-corrected chi connectivity index (χ2v) is 6.18. The molecule has 1 aliphatic rings. The van der Waals surface area contributed by atoms with Gasteiger partial charge in [-0.15, -0.1) is 0 Å². The van der Waals surface area contributed by atoms with Crippen LogP contribution in [0.15, 0.2) is 47.9 Å². The van der Waals surface area contributed by atoms with Crippen LogP contribution in [0.4, 0.5) is 0 Å². The van der Waals surface area contributed by atoms with Gasteiger partial charge in [0.05, 0.1) is 11.0 Å². The number of fused-ring (bicyclic) bond motifs is 1. The van der Waals surface area contributed by atoms with E-state index < -0.39 is 23.3 Å². The third-order valence-corrected chi connectivity index (χ3v) is 4.84. The fourth-order valence-electron chi connectivity index (χ4n) is 3.24. The summed E-state index contributed by atoms with van der Waals surface area (Å²) in [5.74, 6) is -3.57. The summed E-state index contributed by atoms with van der Waals surface area (Å²) in [6, 6.07) is 7.32. The Morgan fingerprint density at radius 1 is 1.21 bits per heavy atom. The van der Waals surface area contributed by atoms with Crippen molar-refractivity contribution in [2.24, 2.45) is 11.3 Å². The lowest BCUT2D eigenvalue weighted by Crippen LogP contribution is -2.38. The third kappa shape index (κ3) is 2.11.